The van der Waals surface area contributed by atoms with Gasteiger partial charge in [0.2, 0.25) is 0 Å². The number of imidazole rings is 1. The number of benzene rings is 2. The molecule has 160 valence electrons. The molecule has 0 aliphatic carbocycles. The summed E-state index contributed by atoms with van der Waals surface area (Å²) in [5.74, 6) is 0.653. The fourth-order valence-corrected chi connectivity index (χ4v) is 3.35. The van der Waals surface area contributed by atoms with Crippen LogP contribution in [-0.4, -0.2) is 25.4 Å². The van der Waals surface area contributed by atoms with Crippen LogP contribution in [0.3, 0.4) is 0 Å². The third-order valence-corrected chi connectivity index (χ3v) is 4.87. The number of amides is 1. The lowest BCUT2D eigenvalue weighted by Crippen LogP contribution is -2.12. The maximum absolute atomic E-state index is 12.3. The summed E-state index contributed by atoms with van der Waals surface area (Å²) in [7, 11) is 0. The maximum Gasteiger partial charge on any atom is 0.271 e. The zero-order valence-corrected chi connectivity index (χ0v) is 17.1. The minimum atomic E-state index is -0.672. The van der Waals surface area contributed by atoms with Gasteiger partial charge in [0.15, 0.2) is 5.65 Å². The van der Waals surface area contributed by atoms with E-state index in [1.807, 2.05) is 30.3 Å². The first-order valence-corrected chi connectivity index (χ1v) is 9.61. The number of para-hydroxylation sites is 1. The molecule has 2 aromatic carbocycles. The van der Waals surface area contributed by atoms with Crippen molar-refractivity contribution >= 4 is 17.6 Å². The minimum absolute atomic E-state index is 0.186. The van der Waals surface area contributed by atoms with Crippen molar-refractivity contribution in [2.75, 3.05) is 0 Å². The van der Waals surface area contributed by atoms with Crippen molar-refractivity contribution in [1.82, 2.24) is 14.6 Å². The van der Waals surface area contributed by atoms with Crippen LogP contribution >= 0.6 is 0 Å². The quantitative estimate of drug-likeness (QED) is 0.257. The number of nitrogens with two attached hydrogens (primary N) is 1. The molecule has 0 aliphatic heterocycles. The third-order valence-electron chi connectivity index (χ3n) is 4.87. The molecule has 0 radical (unpaired) electrons. The number of aryl methyl sites for hydroxylation is 1. The number of nitro groups is 1. The van der Waals surface area contributed by atoms with Crippen LogP contribution in [0.5, 0.6) is 11.5 Å². The molecule has 9 heteroatoms. The fourth-order valence-electron chi connectivity index (χ4n) is 3.35. The molecule has 0 atom stereocenters. The molecule has 4 aromatic rings. The normalized spacial score (nSPS) is 11.5. The van der Waals surface area contributed by atoms with Crippen LogP contribution in [0.25, 0.3) is 23.0 Å². The lowest BCUT2D eigenvalue weighted by Gasteiger charge is -2.07. The van der Waals surface area contributed by atoms with Gasteiger partial charge in [-0.3, -0.25) is 20.0 Å². The monoisotopic (exact) mass is 429 g/mol. The lowest BCUT2D eigenvalue weighted by atomic mass is 10.1. The standard InChI is InChI=1S/C23H19N5O4/c1-3-16(28(30)31)13-19-14(2)25-23-20(22(24)29)21(26-27(19)23)15-9-11-18(12-10-15)32-17-7-5-4-6-8-17/h3-13,26H,1H2,2H3,(H2,24,29)/b16-13+. The number of aromatic nitrogens is 3. The van der Waals surface area contributed by atoms with E-state index in [0.29, 0.717) is 34.1 Å². The zero-order valence-electron chi connectivity index (χ0n) is 17.1. The summed E-state index contributed by atoms with van der Waals surface area (Å²) in [4.78, 5) is 27.3. The van der Waals surface area contributed by atoms with Gasteiger partial charge in [-0.15, -0.1) is 0 Å². The Kier molecular flexibility index (Phi) is 5.30. The summed E-state index contributed by atoms with van der Waals surface area (Å²) in [6.45, 7) is 5.16. The molecule has 3 N–H and O–H groups in total. The van der Waals surface area contributed by atoms with Crippen molar-refractivity contribution in [3.63, 3.8) is 0 Å². The van der Waals surface area contributed by atoms with Gasteiger partial charge < -0.3 is 10.5 Å². The van der Waals surface area contributed by atoms with E-state index in [2.05, 4.69) is 16.7 Å². The van der Waals surface area contributed by atoms with E-state index in [1.54, 1.807) is 31.2 Å². The Bertz CT molecular complexity index is 1370. The molecular formula is C23H19N5O4. The highest BCUT2D eigenvalue weighted by molar-refractivity contribution is 6.05. The predicted octanol–water partition coefficient (Wildman–Crippen LogP) is 4.33. The van der Waals surface area contributed by atoms with Gasteiger partial charge >= 0.3 is 0 Å². The van der Waals surface area contributed by atoms with Gasteiger partial charge in [0.25, 0.3) is 11.6 Å². The minimum Gasteiger partial charge on any atom is -0.457 e. The summed E-state index contributed by atoms with van der Waals surface area (Å²) >= 11 is 0. The average Bonchev–Trinajstić information content (AvgIpc) is 3.28. The second kappa shape index (κ2) is 8.23. The first kappa shape index (κ1) is 20.6. The molecule has 4 rings (SSSR count). The van der Waals surface area contributed by atoms with Crippen molar-refractivity contribution in [3.8, 4) is 22.8 Å². The maximum atomic E-state index is 12.3. The Labute approximate surface area is 182 Å². The molecule has 0 unspecified atom stereocenters. The Morgan fingerprint density at radius 1 is 1.19 bits per heavy atom. The molecule has 0 bridgehead atoms. The number of nitrogens with zero attached hydrogens (tertiary/aromatic N) is 3. The molecule has 32 heavy (non-hydrogen) atoms. The number of aromatic amines is 1. The highest BCUT2D eigenvalue weighted by Crippen LogP contribution is 2.30. The molecular weight excluding hydrogens is 410 g/mol. The molecule has 2 heterocycles. The van der Waals surface area contributed by atoms with Gasteiger partial charge in [0, 0.05) is 17.7 Å². The van der Waals surface area contributed by atoms with Gasteiger partial charge in [-0.1, -0.05) is 24.8 Å². The number of ether oxygens (including phenoxy) is 1. The van der Waals surface area contributed by atoms with Crippen LogP contribution in [0.15, 0.2) is 72.9 Å². The van der Waals surface area contributed by atoms with E-state index < -0.39 is 10.8 Å². The van der Waals surface area contributed by atoms with E-state index in [0.717, 1.165) is 6.08 Å². The number of fused-ring (bicyclic) bond motifs is 1. The Balaban J connectivity index is 1.79. The molecule has 0 aliphatic rings. The molecule has 0 saturated heterocycles. The van der Waals surface area contributed by atoms with Gasteiger partial charge in [-0.2, -0.15) is 0 Å². The molecule has 9 nitrogen and oxygen atoms in total. The fraction of sp³-hybridized carbons (Fsp3) is 0.0435. The number of hydrogen-bond donors (Lipinski definition) is 2. The number of hydrogen-bond acceptors (Lipinski definition) is 5. The highest BCUT2D eigenvalue weighted by atomic mass is 16.6. The second-order valence-electron chi connectivity index (χ2n) is 6.94. The summed E-state index contributed by atoms with van der Waals surface area (Å²) in [6, 6.07) is 16.5. The number of carbonyl (C=O) groups excluding carboxylic acids is 1. The SMILES string of the molecule is C=C/C(=C\c1c(C)nc2c(C(N)=O)c(-c3ccc(Oc4ccccc4)cc3)[nH]n12)[N+](=O)[O-]. The van der Waals surface area contributed by atoms with Crippen LogP contribution in [0, 0.1) is 17.0 Å². The van der Waals surface area contributed by atoms with Gasteiger partial charge in [-0.05, 0) is 43.3 Å². The summed E-state index contributed by atoms with van der Waals surface area (Å²) < 4.78 is 7.31. The van der Waals surface area contributed by atoms with Crippen LogP contribution in [0.2, 0.25) is 0 Å². The van der Waals surface area contributed by atoms with Crippen LogP contribution in [0.1, 0.15) is 21.7 Å². The Hall–Kier alpha value is -4.66. The number of H-pyrrole nitrogens is 1. The molecule has 2 aromatic heterocycles. The Morgan fingerprint density at radius 2 is 1.84 bits per heavy atom. The van der Waals surface area contributed by atoms with Gasteiger partial charge in [0.05, 0.1) is 22.0 Å². The number of rotatable bonds is 7. The summed E-state index contributed by atoms with van der Waals surface area (Å²) in [5.41, 5.74) is 7.97. The first-order chi connectivity index (χ1) is 15.4. The zero-order chi connectivity index (χ0) is 22.8. The van der Waals surface area contributed by atoms with E-state index in [4.69, 9.17) is 10.5 Å². The second-order valence-corrected chi connectivity index (χ2v) is 6.94. The Morgan fingerprint density at radius 3 is 2.44 bits per heavy atom. The van der Waals surface area contributed by atoms with Crippen molar-refractivity contribution in [3.05, 3.63) is 100 Å². The van der Waals surface area contributed by atoms with Crippen molar-refractivity contribution in [1.29, 1.82) is 0 Å². The molecule has 0 fully saturated rings. The summed E-state index contributed by atoms with van der Waals surface area (Å²) in [5, 5.41) is 14.3. The van der Waals surface area contributed by atoms with Crippen molar-refractivity contribution in [2.45, 2.75) is 6.92 Å². The van der Waals surface area contributed by atoms with Crippen LogP contribution in [0.4, 0.5) is 0 Å². The lowest BCUT2D eigenvalue weighted by molar-refractivity contribution is -0.417. The number of carbonyl (C=O) groups is 1. The number of primary amides is 1. The molecule has 0 spiro atoms. The third kappa shape index (κ3) is 3.74. The predicted molar refractivity (Wildman–Crippen MR) is 120 cm³/mol. The number of allylic oxidation sites excluding steroid dienone is 1. The van der Waals surface area contributed by atoms with Gasteiger partial charge in [0.1, 0.15) is 17.1 Å². The van der Waals surface area contributed by atoms with Gasteiger partial charge in [-0.25, -0.2) is 9.50 Å². The van der Waals surface area contributed by atoms with E-state index in [9.17, 15) is 14.9 Å². The van der Waals surface area contributed by atoms with E-state index >= 15 is 0 Å². The topological polar surface area (TPSA) is 129 Å². The van der Waals surface area contributed by atoms with E-state index in [-0.39, 0.29) is 16.9 Å². The summed E-state index contributed by atoms with van der Waals surface area (Å²) in [6.07, 6.45) is 2.48. The van der Waals surface area contributed by atoms with Crippen LogP contribution < -0.4 is 10.5 Å². The van der Waals surface area contributed by atoms with E-state index in [1.165, 1.54) is 10.6 Å². The molecule has 0 saturated carbocycles. The van der Waals surface area contributed by atoms with Crippen molar-refractivity contribution in [2.24, 2.45) is 5.73 Å². The molecule has 1 amide bonds. The van der Waals surface area contributed by atoms with Crippen LogP contribution in [-0.2, 0) is 0 Å². The average molecular weight is 429 g/mol. The first-order valence-electron chi connectivity index (χ1n) is 9.61. The largest absolute Gasteiger partial charge is 0.457 e. The smallest absolute Gasteiger partial charge is 0.271 e. The highest BCUT2D eigenvalue weighted by Gasteiger charge is 2.23. The number of nitrogens with one attached hydrogen (secondary N) is 1. The van der Waals surface area contributed by atoms with Crippen molar-refractivity contribution < 1.29 is 14.5 Å².